The summed E-state index contributed by atoms with van der Waals surface area (Å²) < 4.78 is 38.6. The molecule has 4 rings (SSSR count). The predicted octanol–water partition coefficient (Wildman–Crippen LogP) is 2.81. The first-order chi connectivity index (χ1) is 14.0. The van der Waals surface area contributed by atoms with Crippen molar-refractivity contribution in [1.82, 2.24) is 10.0 Å². The Hall–Kier alpha value is -2.88. The minimum absolute atomic E-state index is 0.155. The fourth-order valence-electron chi connectivity index (χ4n) is 2.89. The van der Waals surface area contributed by atoms with Gasteiger partial charge in [-0.2, -0.15) is 4.72 Å². The van der Waals surface area contributed by atoms with Crippen LogP contribution in [0.1, 0.15) is 17.2 Å². The van der Waals surface area contributed by atoms with Crippen LogP contribution >= 0.6 is 11.3 Å². The molecule has 3 aromatic rings. The summed E-state index contributed by atoms with van der Waals surface area (Å²) >= 11 is 1.09. The van der Waals surface area contributed by atoms with E-state index >= 15 is 0 Å². The number of fused-ring (bicyclic) bond motifs is 1. The van der Waals surface area contributed by atoms with Gasteiger partial charge in [0.25, 0.3) is 10.0 Å². The van der Waals surface area contributed by atoms with E-state index in [-0.39, 0.29) is 17.5 Å². The van der Waals surface area contributed by atoms with Gasteiger partial charge in [0.15, 0.2) is 11.5 Å². The summed E-state index contributed by atoms with van der Waals surface area (Å²) in [7, 11) is -3.83. The van der Waals surface area contributed by atoms with E-state index in [1.165, 1.54) is 6.07 Å². The van der Waals surface area contributed by atoms with Gasteiger partial charge in [0.05, 0.1) is 0 Å². The van der Waals surface area contributed by atoms with E-state index in [1.54, 1.807) is 53.9 Å². The Balaban J connectivity index is 1.52. The minimum Gasteiger partial charge on any atom is -0.454 e. The van der Waals surface area contributed by atoms with Crippen molar-refractivity contribution in [2.45, 2.75) is 16.8 Å². The average molecular weight is 431 g/mol. The lowest BCUT2D eigenvalue weighted by Crippen LogP contribution is -2.40. The molecule has 2 N–H and O–H groups in total. The van der Waals surface area contributed by atoms with E-state index in [9.17, 15) is 13.2 Å². The first-order valence-electron chi connectivity index (χ1n) is 8.80. The molecule has 1 aliphatic rings. The van der Waals surface area contributed by atoms with Crippen LogP contribution in [0.15, 0.2) is 70.3 Å². The number of rotatable bonds is 7. The van der Waals surface area contributed by atoms with Crippen molar-refractivity contribution >= 4 is 27.3 Å². The fraction of sp³-hybridized carbons (Fsp3) is 0.150. The molecule has 0 saturated carbocycles. The molecule has 7 nitrogen and oxygen atoms in total. The number of ether oxygens (including phenoxy) is 2. The Morgan fingerprint density at radius 1 is 1.03 bits per heavy atom. The molecule has 150 valence electrons. The van der Waals surface area contributed by atoms with Gasteiger partial charge in [-0.3, -0.25) is 4.79 Å². The third-order valence-corrected chi connectivity index (χ3v) is 7.15. The highest BCUT2D eigenvalue weighted by molar-refractivity contribution is 7.91. The number of amides is 1. The van der Waals surface area contributed by atoms with Gasteiger partial charge in [-0.25, -0.2) is 8.42 Å². The Labute approximate surface area is 172 Å². The molecule has 0 fully saturated rings. The highest BCUT2D eigenvalue weighted by Crippen LogP contribution is 2.32. The molecular weight excluding hydrogens is 412 g/mol. The normalized spacial score (nSPS) is 13.8. The molecule has 1 aromatic heterocycles. The lowest BCUT2D eigenvalue weighted by Gasteiger charge is -2.18. The van der Waals surface area contributed by atoms with Gasteiger partial charge in [-0.05, 0) is 34.7 Å². The Kier molecular flexibility index (Phi) is 5.52. The van der Waals surface area contributed by atoms with Crippen LogP contribution in [0.25, 0.3) is 0 Å². The zero-order valence-corrected chi connectivity index (χ0v) is 16.8. The number of hydrogen-bond acceptors (Lipinski definition) is 6. The molecule has 0 spiro atoms. The number of hydrogen-bond donors (Lipinski definition) is 2. The molecule has 2 aromatic carbocycles. The van der Waals surface area contributed by atoms with Crippen LogP contribution in [0.5, 0.6) is 11.5 Å². The third-order valence-electron chi connectivity index (χ3n) is 4.33. The Bertz CT molecular complexity index is 1100. The van der Waals surface area contributed by atoms with Gasteiger partial charge in [0.2, 0.25) is 12.7 Å². The maximum absolute atomic E-state index is 12.9. The summed E-state index contributed by atoms with van der Waals surface area (Å²) in [6, 6.07) is 16.2. The smallest absolute Gasteiger partial charge is 0.251 e. The molecule has 2 heterocycles. The van der Waals surface area contributed by atoms with Crippen molar-refractivity contribution in [2.24, 2.45) is 0 Å². The number of sulfonamides is 1. The van der Waals surface area contributed by atoms with Crippen LogP contribution in [0.4, 0.5) is 0 Å². The highest BCUT2D eigenvalue weighted by Gasteiger charge is 2.27. The average Bonchev–Trinajstić information content (AvgIpc) is 3.43. The molecule has 0 bridgehead atoms. The largest absolute Gasteiger partial charge is 0.454 e. The van der Waals surface area contributed by atoms with E-state index in [1.807, 2.05) is 6.07 Å². The van der Waals surface area contributed by atoms with E-state index in [0.717, 1.165) is 16.9 Å². The topological polar surface area (TPSA) is 93.7 Å². The number of nitrogens with one attached hydrogen (secondary N) is 2. The maximum Gasteiger partial charge on any atom is 0.251 e. The number of carbonyl (C=O) groups excluding carboxylic acids is 1. The summed E-state index contributed by atoms with van der Waals surface area (Å²) in [5.41, 5.74) is 1.37. The summed E-state index contributed by atoms with van der Waals surface area (Å²) in [4.78, 5) is 12.9. The first kappa shape index (κ1) is 19.4. The second-order valence-corrected chi connectivity index (χ2v) is 9.19. The van der Waals surface area contributed by atoms with E-state index in [4.69, 9.17) is 9.47 Å². The van der Waals surface area contributed by atoms with Gasteiger partial charge in [-0.1, -0.05) is 42.5 Å². The third kappa shape index (κ3) is 4.42. The summed E-state index contributed by atoms with van der Waals surface area (Å²) in [6.45, 7) is 0.394. The van der Waals surface area contributed by atoms with E-state index in [2.05, 4.69) is 10.0 Å². The van der Waals surface area contributed by atoms with Crippen molar-refractivity contribution in [3.63, 3.8) is 0 Å². The lowest BCUT2D eigenvalue weighted by atomic mass is 10.1. The van der Waals surface area contributed by atoms with Crippen molar-refractivity contribution < 1.29 is 22.7 Å². The number of thiophene rings is 1. The molecule has 1 aliphatic heterocycles. The van der Waals surface area contributed by atoms with Gasteiger partial charge in [0, 0.05) is 6.54 Å². The molecule has 1 amide bonds. The minimum atomic E-state index is -3.83. The Morgan fingerprint density at radius 3 is 2.59 bits per heavy atom. The predicted molar refractivity (Wildman–Crippen MR) is 108 cm³/mol. The standard InChI is InChI=1S/C20H18N2O5S2/c23-20(21-12-14-8-9-16-17(11-14)27-13-26-16)19(15-5-2-1-3-6-15)22-29(24,25)18-7-4-10-28-18/h1-11,19,22H,12-13H2,(H,21,23). The molecule has 1 unspecified atom stereocenters. The molecule has 0 aliphatic carbocycles. The van der Waals surface area contributed by atoms with Gasteiger partial charge >= 0.3 is 0 Å². The Morgan fingerprint density at radius 2 is 1.83 bits per heavy atom. The second kappa shape index (κ2) is 8.24. The molecule has 29 heavy (non-hydrogen) atoms. The second-order valence-electron chi connectivity index (χ2n) is 6.30. The SMILES string of the molecule is O=C(NCc1ccc2c(c1)OCO2)C(NS(=O)(=O)c1cccs1)c1ccccc1. The van der Waals surface area contributed by atoms with Gasteiger partial charge < -0.3 is 14.8 Å². The van der Waals surface area contributed by atoms with Crippen molar-refractivity contribution in [2.75, 3.05) is 6.79 Å². The van der Waals surface area contributed by atoms with Crippen molar-refractivity contribution in [3.8, 4) is 11.5 Å². The van der Waals surface area contributed by atoms with E-state index < -0.39 is 22.0 Å². The van der Waals surface area contributed by atoms with Crippen LogP contribution in [-0.2, 0) is 21.4 Å². The fourth-order valence-corrected chi connectivity index (χ4v) is 5.08. The quantitative estimate of drug-likeness (QED) is 0.601. The molecule has 0 saturated heterocycles. The lowest BCUT2D eigenvalue weighted by molar-refractivity contribution is -0.123. The summed E-state index contributed by atoms with van der Waals surface area (Å²) in [5, 5.41) is 4.47. The zero-order valence-electron chi connectivity index (χ0n) is 15.2. The van der Waals surface area contributed by atoms with Crippen LogP contribution < -0.4 is 19.5 Å². The first-order valence-corrected chi connectivity index (χ1v) is 11.2. The molecular formula is C20H18N2O5S2. The van der Waals surface area contributed by atoms with Crippen LogP contribution in [0.3, 0.4) is 0 Å². The van der Waals surface area contributed by atoms with Crippen LogP contribution in [-0.4, -0.2) is 21.1 Å². The highest BCUT2D eigenvalue weighted by atomic mass is 32.2. The number of benzene rings is 2. The summed E-state index contributed by atoms with van der Waals surface area (Å²) in [6.07, 6.45) is 0. The summed E-state index contributed by atoms with van der Waals surface area (Å²) in [5.74, 6) is 0.828. The van der Waals surface area contributed by atoms with Crippen molar-refractivity contribution in [3.05, 3.63) is 77.2 Å². The van der Waals surface area contributed by atoms with E-state index in [0.29, 0.717) is 17.1 Å². The molecule has 9 heteroatoms. The van der Waals surface area contributed by atoms with Gasteiger partial charge in [0.1, 0.15) is 10.3 Å². The molecule has 1 atom stereocenters. The van der Waals surface area contributed by atoms with Crippen LogP contribution in [0, 0.1) is 0 Å². The monoisotopic (exact) mass is 430 g/mol. The van der Waals surface area contributed by atoms with Crippen molar-refractivity contribution in [1.29, 1.82) is 0 Å². The zero-order chi connectivity index (χ0) is 20.3. The maximum atomic E-state index is 12.9. The van der Waals surface area contributed by atoms with Crippen LogP contribution in [0.2, 0.25) is 0 Å². The molecule has 0 radical (unpaired) electrons. The number of carbonyl (C=O) groups is 1. The van der Waals surface area contributed by atoms with Gasteiger partial charge in [-0.15, -0.1) is 11.3 Å².